The van der Waals surface area contributed by atoms with E-state index in [1.54, 1.807) is 12.1 Å². The summed E-state index contributed by atoms with van der Waals surface area (Å²) < 4.78 is 17.0. The van der Waals surface area contributed by atoms with Gasteiger partial charge >= 0.3 is 0 Å². The predicted octanol–water partition coefficient (Wildman–Crippen LogP) is 2.27. The zero-order valence-electron chi connectivity index (χ0n) is 17.2. The summed E-state index contributed by atoms with van der Waals surface area (Å²) in [6.45, 7) is 5.05. The number of benzene rings is 1. The molecule has 1 amide bonds. The van der Waals surface area contributed by atoms with Crippen molar-refractivity contribution < 1.29 is 19.0 Å². The fourth-order valence-corrected chi connectivity index (χ4v) is 3.75. The van der Waals surface area contributed by atoms with E-state index in [1.165, 1.54) is 0 Å². The van der Waals surface area contributed by atoms with E-state index < -0.39 is 0 Å². The molecule has 2 aliphatic heterocycles. The van der Waals surface area contributed by atoms with Gasteiger partial charge in [0.15, 0.2) is 0 Å². The van der Waals surface area contributed by atoms with Gasteiger partial charge in [0.2, 0.25) is 0 Å². The Labute approximate surface area is 177 Å². The monoisotopic (exact) mass is 411 g/mol. The van der Waals surface area contributed by atoms with Crippen LogP contribution in [0.3, 0.4) is 0 Å². The number of nitrogens with one attached hydrogen (secondary N) is 1. The maximum absolute atomic E-state index is 12.3. The van der Waals surface area contributed by atoms with Crippen molar-refractivity contribution in [3.8, 4) is 5.75 Å². The average Bonchev–Trinajstić information content (AvgIpc) is 2.81. The van der Waals surface area contributed by atoms with E-state index in [0.717, 1.165) is 43.9 Å². The van der Waals surface area contributed by atoms with Gasteiger partial charge in [-0.05, 0) is 49.2 Å². The third-order valence-corrected chi connectivity index (χ3v) is 5.44. The largest absolute Gasteiger partial charge is 0.490 e. The quantitative estimate of drug-likeness (QED) is 0.754. The Kier molecular flexibility index (Phi) is 7.29. The molecule has 0 bridgehead atoms. The van der Waals surface area contributed by atoms with Crippen LogP contribution < -0.4 is 10.1 Å². The SMILES string of the molecule is O=C(NCC1COCCO1)c1ccc(OC2CCN(Cc3ccccn3)CC2)cc1. The molecule has 0 saturated carbocycles. The Morgan fingerprint density at radius 3 is 2.67 bits per heavy atom. The zero-order chi connectivity index (χ0) is 20.6. The van der Waals surface area contributed by atoms with Crippen molar-refractivity contribution in [3.63, 3.8) is 0 Å². The first-order valence-electron chi connectivity index (χ1n) is 10.6. The number of nitrogens with zero attached hydrogens (tertiary/aromatic N) is 2. The minimum Gasteiger partial charge on any atom is -0.490 e. The lowest BCUT2D eigenvalue weighted by Gasteiger charge is -2.31. The third-order valence-electron chi connectivity index (χ3n) is 5.44. The summed E-state index contributed by atoms with van der Waals surface area (Å²) in [6, 6.07) is 13.4. The van der Waals surface area contributed by atoms with Crippen LogP contribution in [0.1, 0.15) is 28.9 Å². The van der Waals surface area contributed by atoms with Gasteiger partial charge < -0.3 is 19.5 Å². The Hall–Kier alpha value is -2.48. The van der Waals surface area contributed by atoms with Crippen LogP contribution in [0, 0.1) is 0 Å². The van der Waals surface area contributed by atoms with Crippen molar-refractivity contribution in [2.75, 3.05) is 39.5 Å². The predicted molar refractivity (Wildman–Crippen MR) is 112 cm³/mol. The molecule has 1 aromatic heterocycles. The molecule has 2 aliphatic rings. The van der Waals surface area contributed by atoms with Crippen LogP contribution in [0.4, 0.5) is 0 Å². The molecule has 0 aliphatic carbocycles. The van der Waals surface area contributed by atoms with Crippen molar-refractivity contribution in [1.29, 1.82) is 0 Å². The summed E-state index contributed by atoms with van der Waals surface area (Å²) in [6.07, 6.45) is 3.94. The van der Waals surface area contributed by atoms with E-state index in [1.807, 2.05) is 30.5 Å². The molecule has 7 nitrogen and oxygen atoms in total. The number of rotatable bonds is 7. The molecule has 2 saturated heterocycles. The highest BCUT2D eigenvalue weighted by atomic mass is 16.6. The summed E-state index contributed by atoms with van der Waals surface area (Å²) >= 11 is 0. The molecule has 160 valence electrons. The molecule has 1 unspecified atom stereocenters. The van der Waals surface area contributed by atoms with E-state index in [9.17, 15) is 4.79 Å². The van der Waals surface area contributed by atoms with Crippen molar-refractivity contribution >= 4 is 5.91 Å². The zero-order valence-corrected chi connectivity index (χ0v) is 17.2. The fourth-order valence-electron chi connectivity index (χ4n) is 3.75. The Morgan fingerprint density at radius 2 is 1.97 bits per heavy atom. The van der Waals surface area contributed by atoms with E-state index >= 15 is 0 Å². The molecule has 1 N–H and O–H groups in total. The van der Waals surface area contributed by atoms with E-state index in [-0.39, 0.29) is 18.1 Å². The van der Waals surface area contributed by atoms with Crippen LogP contribution >= 0.6 is 0 Å². The lowest BCUT2D eigenvalue weighted by molar-refractivity contribution is -0.0855. The van der Waals surface area contributed by atoms with Gasteiger partial charge in [0.1, 0.15) is 11.9 Å². The number of pyridine rings is 1. The van der Waals surface area contributed by atoms with Gasteiger partial charge in [-0.3, -0.25) is 14.7 Å². The maximum Gasteiger partial charge on any atom is 0.251 e. The maximum atomic E-state index is 12.3. The minimum atomic E-state index is -0.112. The van der Waals surface area contributed by atoms with Crippen LogP contribution in [0.25, 0.3) is 0 Å². The number of hydrogen-bond donors (Lipinski definition) is 1. The van der Waals surface area contributed by atoms with Gasteiger partial charge in [-0.25, -0.2) is 0 Å². The Bertz CT molecular complexity index is 786. The molecule has 2 aromatic rings. The second-order valence-electron chi connectivity index (χ2n) is 7.72. The summed E-state index contributed by atoms with van der Waals surface area (Å²) in [4.78, 5) is 19.1. The van der Waals surface area contributed by atoms with Crippen LogP contribution in [0.5, 0.6) is 5.75 Å². The van der Waals surface area contributed by atoms with Crippen molar-refractivity contribution in [3.05, 3.63) is 59.9 Å². The number of amides is 1. The second-order valence-corrected chi connectivity index (χ2v) is 7.72. The number of carbonyl (C=O) groups excluding carboxylic acids is 1. The van der Waals surface area contributed by atoms with Gasteiger partial charge in [0, 0.05) is 37.9 Å². The molecule has 0 spiro atoms. The summed E-state index contributed by atoms with van der Waals surface area (Å²) in [5.41, 5.74) is 1.72. The Morgan fingerprint density at radius 1 is 1.13 bits per heavy atom. The average molecular weight is 412 g/mol. The molecular formula is C23H29N3O4. The molecular weight excluding hydrogens is 382 g/mol. The van der Waals surface area contributed by atoms with Gasteiger partial charge in [0.05, 0.1) is 31.6 Å². The minimum absolute atomic E-state index is 0.0751. The van der Waals surface area contributed by atoms with Crippen molar-refractivity contribution in [1.82, 2.24) is 15.2 Å². The van der Waals surface area contributed by atoms with Crippen LogP contribution in [-0.2, 0) is 16.0 Å². The molecule has 0 radical (unpaired) electrons. The highest BCUT2D eigenvalue weighted by Crippen LogP contribution is 2.20. The number of aromatic nitrogens is 1. The first-order chi connectivity index (χ1) is 14.8. The smallest absolute Gasteiger partial charge is 0.251 e. The topological polar surface area (TPSA) is 72.9 Å². The second kappa shape index (κ2) is 10.5. The third kappa shape index (κ3) is 6.01. The normalized spacial score (nSPS) is 20.6. The van der Waals surface area contributed by atoms with E-state index in [4.69, 9.17) is 14.2 Å². The van der Waals surface area contributed by atoms with Crippen LogP contribution in [-0.4, -0.2) is 67.5 Å². The molecule has 7 heteroatoms. The summed E-state index contributed by atoms with van der Waals surface area (Å²) in [5, 5.41) is 2.90. The molecule has 3 heterocycles. The molecule has 30 heavy (non-hydrogen) atoms. The first-order valence-corrected chi connectivity index (χ1v) is 10.6. The number of ether oxygens (including phenoxy) is 3. The number of piperidine rings is 1. The summed E-state index contributed by atoms with van der Waals surface area (Å²) in [5.74, 6) is 0.692. The van der Waals surface area contributed by atoms with Crippen molar-refractivity contribution in [2.24, 2.45) is 0 Å². The van der Waals surface area contributed by atoms with Crippen LogP contribution in [0.15, 0.2) is 48.7 Å². The first kappa shape index (κ1) is 20.8. The van der Waals surface area contributed by atoms with Gasteiger partial charge in [-0.2, -0.15) is 0 Å². The molecule has 2 fully saturated rings. The van der Waals surface area contributed by atoms with Crippen LogP contribution in [0.2, 0.25) is 0 Å². The molecule has 1 atom stereocenters. The number of likely N-dealkylation sites (tertiary alicyclic amines) is 1. The lowest BCUT2D eigenvalue weighted by Crippen LogP contribution is -2.39. The fraction of sp³-hybridized carbons (Fsp3) is 0.478. The van der Waals surface area contributed by atoms with Gasteiger partial charge in [-0.1, -0.05) is 6.07 Å². The van der Waals surface area contributed by atoms with E-state index in [0.29, 0.717) is 31.9 Å². The molecule has 4 rings (SSSR count). The van der Waals surface area contributed by atoms with E-state index in [2.05, 4.69) is 21.3 Å². The van der Waals surface area contributed by atoms with Gasteiger partial charge in [-0.15, -0.1) is 0 Å². The summed E-state index contributed by atoms with van der Waals surface area (Å²) in [7, 11) is 0. The number of carbonyl (C=O) groups is 1. The lowest BCUT2D eigenvalue weighted by atomic mass is 10.1. The standard InChI is InChI=1S/C23H29N3O4/c27-23(25-15-22-17-28-13-14-29-22)18-4-6-20(7-5-18)30-21-8-11-26(12-9-21)16-19-3-1-2-10-24-19/h1-7,10,21-22H,8-9,11-17H2,(H,25,27). The van der Waals surface area contributed by atoms with Gasteiger partial charge in [0.25, 0.3) is 5.91 Å². The highest BCUT2D eigenvalue weighted by molar-refractivity contribution is 5.94. The molecule has 1 aromatic carbocycles. The highest BCUT2D eigenvalue weighted by Gasteiger charge is 2.21. The Balaban J connectivity index is 1.19. The number of hydrogen-bond acceptors (Lipinski definition) is 6. The van der Waals surface area contributed by atoms with Crippen molar-refractivity contribution in [2.45, 2.75) is 31.6 Å².